The Balaban J connectivity index is 1.55. The molecule has 1 amide bonds. The van der Waals surface area contributed by atoms with E-state index in [1.165, 1.54) is 11.5 Å². The van der Waals surface area contributed by atoms with Crippen LogP contribution < -0.4 is 10.2 Å². The Kier molecular flexibility index (Phi) is 7.26. The third-order valence-corrected chi connectivity index (χ3v) is 10.2. The van der Waals surface area contributed by atoms with E-state index in [1.807, 2.05) is 42.5 Å². The second kappa shape index (κ2) is 10.0. The maximum atomic E-state index is 13.4. The van der Waals surface area contributed by atoms with Gasteiger partial charge in [-0.15, -0.1) is 11.3 Å². The quantitative estimate of drug-likeness (QED) is 0.349. The van der Waals surface area contributed by atoms with Gasteiger partial charge >= 0.3 is 0 Å². The first-order chi connectivity index (χ1) is 16.6. The zero-order chi connectivity index (χ0) is 25.2. The molecule has 35 heavy (non-hydrogen) atoms. The summed E-state index contributed by atoms with van der Waals surface area (Å²) in [5.41, 5.74) is 2.22. The van der Waals surface area contributed by atoms with Crippen LogP contribution in [0, 0.1) is 0 Å². The van der Waals surface area contributed by atoms with Gasteiger partial charge in [0.05, 0.1) is 6.26 Å². The lowest BCUT2D eigenvalue weighted by Gasteiger charge is -2.37. The maximum absolute atomic E-state index is 13.4. The van der Waals surface area contributed by atoms with E-state index in [0.29, 0.717) is 16.4 Å². The van der Waals surface area contributed by atoms with Crippen LogP contribution in [0.5, 0.6) is 11.5 Å². The van der Waals surface area contributed by atoms with Gasteiger partial charge in [0, 0.05) is 24.5 Å². The molecular weight excluding hydrogens is 514 g/mol. The fraction of sp³-hybridized carbons (Fsp3) is 0.227. The number of para-hydroxylation sites is 1. The number of nitrogens with one attached hydrogen (secondary N) is 1. The van der Waals surface area contributed by atoms with Crippen molar-refractivity contribution in [2.45, 2.75) is 10.3 Å². The molecule has 13 heteroatoms. The molecule has 0 bridgehead atoms. The molecule has 2 aromatic carbocycles. The highest BCUT2D eigenvalue weighted by Gasteiger charge is 2.42. The average Bonchev–Trinajstić information content (AvgIpc) is 3.35. The third kappa shape index (κ3) is 5.55. The Morgan fingerprint density at radius 1 is 0.971 bits per heavy atom. The minimum Gasteiger partial charge on any atom is -0.457 e. The van der Waals surface area contributed by atoms with Gasteiger partial charge in [0.25, 0.3) is 15.9 Å². The van der Waals surface area contributed by atoms with Gasteiger partial charge in [0.2, 0.25) is 10.0 Å². The average molecular weight is 538 g/mol. The number of hydroxylamine groups is 1. The van der Waals surface area contributed by atoms with E-state index in [2.05, 4.69) is 0 Å². The highest BCUT2D eigenvalue weighted by Crippen LogP contribution is 2.35. The smallest absolute Gasteiger partial charge is 0.263 e. The molecule has 1 aliphatic rings. The van der Waals surface area contributed by atoms with Gasteiger partial charge in [0.15, 0.2) is 0 Å². The van der Waals surface area contributed by atoms with Gasteiger partial charge in [-0.1, -0.05) is 18.2 Å². The lowest BCUT2D eigenvalue weighted by molar-refractivity contribution is -0.134. The van der Waals surface area contributed by atoms with Gasteiger partial charge in [-0.05, 0) is 54.1 Å². The Labute approximate surface area is 207 Å². The van der Waals surface area contributed by atoms with Crippen molar-refractivity contribution in [3.8, 4) is 21.9 Å². The largest absolute Gasteiger partial charge is 0.457 e. The number of carbonyl (C=O) groups is 1. The summed E-state index contributed by atoms with van der Waals surface area (Å²) in [5.74, 6) is 0.320. The van der Waals surface area contributed by atoms with Crippen LogP contribution in [0.25, 0.3) is 10.4 Å². The predicted molar refractivity (Wildman–Crippen MR) is 130 cm³/mol. The number of carbonyl (C=O) groups excluding carboxylic acids is 1. The minimum atomic E-state index is -4.14. The molecule has 1 saturated heterocycles. The van der Waals surface area contributed by atoms with Crippen LogP contribution >= 0.6 is 11.3 Å². The first-order valence-corrected chi connectivity index (χ1v) is 14.5. The molecular formula is C22H23N3O7S3. The molecule has 0 unspecified atom stereocenters. The summed E-state index contributed by atoms with van der Waals surface area (Å²) >= 11 is 1.03. The van der Waals surface area contributed by atoms with E-state index in [9.17, 15) is 21.6 Å². The highest BCUT2D eigenvalue weighted by atomic mass is 32.2. The number of nitrogens with zero attached hydrogens (tertiary/aromatic N) is 2. The second-order valence-corrected chi connectivity index (χ2v) is 13.0. The van der Waals surface area contributed by atoms with Crippen LogP contribution in [-0.4, -0.2) is 68.5 Å². The van der Waals surface area contributed by atoms with Crippen molar-refractivity contribution in [1.29, 1.82) is 0 Å². The molecule has 3 aromatic rings. The number of hydrogen-bond donors (Lipinski definition) is 2. The van der Waals surface area contributed by atoms with Crippen molar-refractivity contribution in [2.24, 2.45) is 0 Å². The summed E-state index contributed by atoms with van der Waals surface area (Å²) in [6.07, 6.45) is 0.979. The summed E-state index contributed by atoms with van der Waals surface area (Å²) in [5, 5.41) is 9.10. The summed E-state index contributed by atoms with van der Waals surface area (Å²) in [4.78, 5) is 12.9. The number of amides is 1. The van der Waals surface area contributed by atoms with Crippen LogP contribution in [0.15, 0.2) is 70.9 Å². The number of benzene rings is 2. The van der Waals surface area contributed by atoms with Gasteiger partial charge in [-0.25, -0.2) is 22.3 Å². The van der Waals surface area contributed by atoms with Crippen molar-refractivity contribution in [2.75, 3.05) is 25.9 Å². The van der Waals surface area contributed by atoms with E-state index in [-0.39, 0.29) is 17.3 Å². The zero-order valence-corrected chi connectivity index (χ0v) is 21.0. The fourth-order valence-corrected chi connectivity index (χ4v) is 7.50. The maximum Gasteiger partial charge on any atom is 0.263 e. The van der Waals surface area contributed by atoms with Gasteiger partial charge < -0.3 is 4.74 Å². The molecule has 2 heterocycles. The molecule has 0 spiro atoms. The molecule has 1 aromatic heterocycles. The Bertz CT molecular complexity index is 1410. The first kappa shape index (κ1) is 25.3. The summed E-state index contributed by atoms with van der Waals surface area (Å²) in [7, 11) is -7.78. The fourth-order valence-electron chi connectivity index (χ4n) is 3.66. The van der Waals surface area contributed by atoms with Crippen LogP contribution in [0.2, 0.25) is 0 Å². The SMILES string of the molecule is CS(=O)(=O)N1CCN(S(=O)(=O)c2ccc(-c3ccc(Oc4ccccc4)cc3)s2)[C@@H](C(=O)NO)C1. The van der Waals surface area contributed by atoms with Crippen molar-refractivity contribution in [1.82, 2.24) is 14.1 Å². The summed E-state index contributed by atoms with van der Waals surface area (Å²) < 4.78 is 58.3. The van der Waals surface area contributed by atoms with E-state index in [0.717, 1.165) is 31.8 Å². The molecule has 10 nitrogen and oxygen atoms in total. The van der Waals surface area contributed by atoms with E-state index < -0.39 is 38.5 Å². The lowest BCUT2D eigenvalue weighted by Crippen LogP contribution is -2.60. The molecule has 4 rings (SSSR count). The summed E-state index contributed by atoms with van der Waals surface area (Å²) in [6.45, 7) is -0.730. The van der Waals surface area contributed by atoms with Gasteiger partial charge in [0.1, 0.15) is 21.8 Å². The Morgan fingerprint density at radius 3 is 2.26 bits per heavy atom. The zero-order valence-electron chi connectivity index (χ0n) is 18.6. The number of hydrogen-bond acceptors (Lipinski definition) is 8. The number of piperazine rings is 1. The topological polar surface area (TPSA) is 133 Å². The van der Waals surface area contributed by atoms with Crippen molar-refractivity contribution >= 4 is 37.3 Å². The normalized spacial score (nSPS) is 17.7. The van der Waals surface area contributed by atoms with Crippen LogP contribution in [0.3, 0.4) is 0 Å². The number of rotatable bonds is 7. The van der Waals surface area contributed by atoms with Gasteiger partial charge in [-0.3, -0.25) is 10.0 Å². The second-order valence-electron chi connectivity index (χ2n) is 7.79. The monoisotopic (exact) mass is 537 g/mol. The number of thiophene rings is 1. The molecule has 186 valence electrons. The van der Waals surface area contributed by atoms with E-state index in [1.54, 1.807) is 18.2 Å². The molecule has 2 N–H and O–H groups in total. The standard InChI is InChI=1S/C22H23N3O7S3/c1-34(28,29)24-13-14-25(19(15-24)22(26)23-27)35(30,31)21-12-11-20(33-21)16-7-9-18(10-8-16)32-17-5-3-2-4-6-17/h2-12,19,27H,13-15H2,1H3,(H,23,26)/t19-/m1/s1. The molecule has 0 saturated carbocycles. The molecule has 1 aliphatic heterocycles. The molecule has 1 atom stereocenters. The Hall–Kier alpha value is -2.81. The Morgan fingerprint density at radius 2 is 1.63 bits per heavy atom. The highest BCUT2D eigenvalue weighted by molar-refractivity contribution is 7.91. The van der Waals surface area contributed by atoms with Crippen LogP contribution in [0.4, 0.5) is 0 Å². The lowest BCUT2D eigenvalue weighted by atomic mass is 10.2. The first-order valence-electron chi connectivity index (χ1n) is 10.4. The van der Waals surface area contributed by atoms with E-state index in [4.69, 9.17) is 9.94 Å². The van der Waals surface area contributed by atoms with Crippen molar-refractivity contribution < 1.29 is 31.6 Å². The predicted octanol–water partition coefficient (Wildman–Crippen LogP) is 2.35. The number of sulfonamides is 2. The molecule has 1 fully saturated rings. The van der Waals surface area contributed by atoms with Gasteiger partial charge in [-0.2, -0.15) is 8.61 Å². The minimum absolute atomic E-state index is 0.000609. The molecule has 0 aliphatic carbocycles. The molecule has 0 radical (unpaired) electrons. The van der Waals surface area contributed by atoms with Crippen molar-refractivity contribution in [3.63, 3.8) is 0 Å². The van der Waals surface area contributed by atoms with Crippen LogP contribution in [0.1, 0.15) is 0 Å². The number of ether oxygens (including phenoxy) is 1. The van der Waals surface area contributed by atoms with Crippen LogP contribution in [-0.2, 0) is 24.8 Å². The third-order valence-electron chi connectivity index (χ3n) is 5.44. The van der Waals surface area contributed by atoms with E-state index >= 15 is 0 Å². The summed E-state index contributed by atoms with van der Waals surface area (Å²) in [6, 6.07) is 18.2. The van der Waals surface area contributed by atoms with Crippen molar-refractivity contribution in [3.05, 3.63) is 66.7 Å².